The molecule has 0 saturated heterocycles. The van der Waals surface area contributed by atoms with Crippen LogP contribution in [0, 0.1) is 11.8 Å². The molecule has 0 heterocycles. The summed E-state index contributed by atoms with van der Waals surface area (Å²) in [6.45, 7) is 0.285. The molecule has 2 N–H and O–H groups in total. The largest absolute Gasteiger partial charge is 0.396 e. The quantitative estimate of drug-likeness (QED) is 0.760. The number of allylic oxidation sites excluding steroid dienone is 6. The van der Waals surface area contributed by atoms with E-state index in [9.17, 15) is 10.2 Å². The lowest BCUT2D eigenvalue weighted by molar-refractivity contribution is 0.233. The smallest absolute Gasteiger partial charge is 0.0647 e. The highest BCUT2D eigenvalue weighted by atomic mass is 16.3. The molecule has 2 unspecified atom stereocenters. The minimum atomic E-state index is 0.131. The third-order valence-electron chi connectivity index (χ3n) is 3.33. The molecule has 2 atom stereocenters. The summed E-state index contributed by atoms with van der Waals surface area (Å²) in [5.74, 6) is 0.359. The van der Waals surface area contributed by atoms with Crippen molar-refractivity contribution in [2.24, 2.45) is 11.8 Å². The molecular formula is C14H18O2. The first-order valence-electron chi connectivity index (χ1n) is 5.82. The minimum absolute atomic E-state index is 0.131. The van der Waals surface area contributed by atoms with Crippen molar-refractivity contribution in [3.05, 3.63) is 47.6 Å². The Morgan fingerprint density at radius 2 is 2.00 bits per heavy atom. The van der Waals surface area contributed by atoms with Crippen molar-refractivity contribution in [3.63, 3.8) is 0 Å². The Morgan fingerprint density at radius 3 is 2.75 bits per heavy atom. The molecule has 0 spiro atoms. The van der Waals surface area contributed by atoms with E-state index in [1.54, 1.807) is 0 Å². The van der Waals surface area contributed by atoms with Crippen LogP contribution in [0.2, 0.25) is 0 Å². The molecule has 2 nitrogen and oxygen atoms in total. The Bertz CT molecular complexity index is 361. The van der Waals surface area contributed by atoms with E-state index in [2.05, 4.69) is 18.2 Å². The highest BCUT2D eigenvalue weighted by molar-refractivity contribution is 5.37. The van der Waals surface area contributed by atoms with E-state index < -0.39 is 0 Å². The van der Waals surface area contributed by atoms with Gasteiger partial charge < -0.3 is 10.2 Å². The van der Waals surface area contributed by atoms with E-state index in [0.29, 0.717) is 0 Å². The second-order valence-corrected chi connectivity index (χ2v) is 4.30. The van der Waals surface area contributed by atoms with Gasteiger partial charge >= 0.3 is 0 Å². The maximum absolute atomic E-state index is 9.36. The lowest BCUT2D eigenvalue weighted by Gasteiger charge is -2.27. The summed E-state index contributed by atoms with van der Waals surface area (Å²) in [6, 6.07) is 0. The highest BCUT2D eigenvalue weighted by Crippen LogP contribution is 2.32. The average molecular weight is 218 g/mol. The molecule has 0 amide bonds. The topological polar surface area (TPSA) is 40.5 Å². The molecule has 0 radical (unpaired) electrons. The molecule has 0 bridgehead atoms. The number of rotatable bonds is 3. The Labute approximate surface area is 96.3 Å². The fourth-order valence-electron chi connectivity index (χ4n) is 2.41. The van der Waals surface area contributed by atoms with Gasteiger partial charge in [0.25, 0.3) is 0 Å². The second kappa shape index (κ2) is 5.28. The summed E-state index contributed by atoms with van der Waals surface area (Å²) in [4.78, 5) is 0. The number of aliphatic hydroxyl groups is 2. The summed E-state index contributed by atoms with van der Waals surface area (Å²) in [6.07, 6.45) is 14.3. The van der Waals surface area contributed by atoms with E-state index in [-0.39, 0.29) is 25.0 Å². The van der Waals surface area contributed by atoms with Crippen molar-refractivity contribution < 1.29 is 10.2 Å². The van der Waals surface area contributed by atoms with E-state index in [4.69, 9.17) is 0 Å². The zero-order chi connectivity index (χ0) is 11.4. The van der Waals surface area contributed by atoms with Crippen LogP contribution in [-0.2, 0) is 0 Å². The fraction of sp³-hybridized carbons (Fsp3) is 0.429. The van der Waals surface area contributed by atoms with E-state index in [1.165, 1.54) is 5.57 Å². The van der Waals surface area contributed by atoms with Gasteiger partial charge in [-0.15, -0.1) is 0 Å². The molecule has 0 aromatic rings. The lowest BCUT2D eigenvalue weighted by atomic mass is 9.79. The first-order valence-corrected chi connectivity index (χ1v) is 5.82. The molecule has 0 aromatic heterocycles. The standard InChI is InChI=1S/C14H18O2/c15-9-11-5-1-3-7-13(11)14-8-4-2-6-12(14)10-16/h1,3-5,7-8,11,13,15-16H,2,6,9-10H2. The molecule has 0 saturated carbocycles. The van der Waals surface area contributed by atoms with Crippen molar-refractivity contribution >= 4 is 0 Å². The number of aliphatic hydroxyl groups excluding tert-OH is 2. The Kier molecular flexibility index (Phi) is 3.75. The number of hydrogen-bond acceptors (Lipinski definition) is 2. The van der Waals surface area contributed by atoms with Crippen LogP contribution in [0.5, 0.6) is 0 Å². The first-order chi connectivity index (χ1) is 7.86. The lowest BCUT2D eigenvalue weighted by Crippen LogP contribution is -2.20. The maximum atomic E-state index is 9.36. The van der Waals surface area contributed by atoms with Gasteiger partial charge in [0.2, 0.25) is 0 Å². The predicted octanol–water partition coefficient (Wildman–Crippen LogP) is 1.98. The van der Waals surface area contributed by atoms with Gasteiger partial charge in [0.15, 0.2) is 0 Å². The van der Waals surface area contributed by atoms with Crippen LogP contribution < -0.4 is 0 Å². The Morgan fingerprint density at radius 1 is 1.19 bits per heavy atom. The van der Waals surface area contributed by atoms with Gasteiger partial charge in [-0.2, -0.15) is 0 Å². The molecule has 2 rings (SSSR count). The molecule has 2 heteroatoms. The summed E-state index contributed by atoms with van der Waals surface area (Å²) in [5, 5.41) is 18.7. The third-order valence-corrected chi connectivity index (χ3v) is 3.33. The average Bonchev–Trinajstić information content (AvgIpc) is 2.38. The van der Waals surface area contributed by atoms with Gasteiger partial charge in [0.1, 0.15) is 0 Å². The molecule has 0 fully saturated rings. The highest BCUT2D eigenvalue weighted by Gasteiger charge is 2.23. The van der Waals surface area contributed by atoms with Crippen LogP contribution >= 0.6 is 0 Å². The van der Waals surface area contributed by atoms with Crippen molar-refractivity contribution in [2.45, 2.75) is 12.8 Å². The molecule has 86 valence electrons. The summed E-state index contributed by atoms with van der Waals surface area (Å²) in [7, 11) is 0. The fourth-order valence-corrected chi connectivity index (χ4v) is 2.41. The van der Waals surface area contributed by atoms with E-state index >= 15 is 0 Å². The van der Waals surface area contributed by atoms with Crippen molar-refractivity contribution in [1.82, 2.24) is 0 Å². The van der Waals surface area contributed by atoms with Crippen LogP contribution in [0.25, 0.3) is 0 Å². The van der Waals surface area contributed by atoms with E-state index in [0.717, 1.165) is 18.4 Å². The van der Waals surface area contributed by atoms with Crippen LogP contribution in [0.15, 0.2) is 47.6 Å². The Balaban J connectivity index is 2.28. The van der Waals surface area contributed by atoms with Gasteiger partial charge in [-0.1, -0.05) is 36.5 Å². The Hall–Kier alpha value is -1.12. The molecule has 0 aromatic carbocycles. The van der Waals surface area contributed by atoms with Crippen molar-refractivity contribution in [2.75, 3.05) is 13.2 Å². The first kappa shape index (κ1) is 11.4. The van der Waals surface area contributed by atoms with Gasteiger partial charge in [0.05, 0.1) is 13.2 Å². The molecular weight excluding hydrogens is 200 g/mol. The van der Waals surface area contributed by atoms with Gasteiger partial charge in [-0.25, -0.2) is 0 Å². The molecule has 0 aliphatic heterocycles. The molecule has 2 aliphatic rings. The number of hydrogen-bond donors (Lipinski definition) is 2. The zero-order valence-corrected chi connectivity index (χ0v) is 9.34. The van der Waals surface area contributed by atoms with Gasteiger partial charge in [0, 0.05) is 11.8 Å². The minimum Gasteiger partial charge on any atom is -0.396 e. The second-order valence-electron chi connectivity index (χ2n) is 4.30. The third kappa shape index (κ3) is 2.18. The molecule has 2 aliphatic carbocycles. The van der Waals surface area contributed by atoms with Crippen LogP contribution in [0.1, 0.15) is 12.8 Å². The zero-order valence-electron chi connectivity index (χ0n) is 9.34. The summed E-state index contributed by atoms with van der Waals surface area (Å²) < 4.78 is 0. The van der Waals surface area contributed by atoms with Crippen molar-refractivity contribution in [3.8, 4) is 0 Å². The summed E-state index contributed by atoms with van der Waals surface area (Å²) >= 11 is 0. The van der Waals surface area contributed by atoms with Crippen LogP contribution in [0.4, 0.5) is 0 Å². The van der Waals surface area contributed by atoms with Crippen LogP contribution in [0.3, 0.4) is 0 Å². The summed E-state index contributed by atoms with van der Waals surface area (Å²) in [5.41, 5.74) is 2.30. The SMILES string of the molecule is OCC1=C(C2C=CC=CC2CO)C=CCC1. The monoisotopic (exact) mass is 218 g/mol. The van der Waals surface area contributed by atoms with Crippen molar-refractivity contribution in [1.29, 1.82) is 0 Å². The maximum Gasteiger partial charge on any atom is 0.0647 e. The molecule has 16 heavy (non-hydrogen) atoms. The normalized spacial score (nSPS) is 28.9. The predicted molar refractivity (Wildman–Crippen MR) is 64.8 cm³/mol. The van der Waals surface area contributed by atoms with Crippen LogP contribution in [-0.4, -0.2) is 23.4 Å². The van der Waals surface area contributed by atoms with Gasteiger partial charge in [-0.05, 0) is 24.0 Å². The van der Waals surface area contributed by atoms with Gasteiger partial charge in [-0.3, -0.25) is 0 Å². The van der Waals surface area contributed by atoms with E-state index in [1.807, 2.05) is 18.2 Å².